The normalized spacial score (nSPS) is 12.6. The molecule has 0 saturated heterocycles. The molecular formula is C24H27NO6. The first kappa shape index (κ1) is 23.7. The maximum absolute atomic E-state index is 12.9. The highest BCUT2D eigenvalue weighted by Crippen LogP contribution is 2.29. The van der Waals surface area contributed by atoms with E-state index in [1.165, 1.54) is 20.3 Å². The molecule has 0 saturated carbocycles. The van der Waals surface area contributed by atoms with Gasteiger partial charge in [0.15, 0.2) is 11.5 Å². The molecule has 2 atom stereocenters. The molecule has 7 heteroatoms. The molecule has 1 N–H and O–H groups in total. The fraction of sp³-hybridized carbons (Fsp3) is 0.292. The number of methoxy groups -OCH3 is 2. The van der Waals surface area contributed by atoms with Crippen molar-refractivity contribution in [2.75, 3.05) is 14.2 Å². The first-order chi connectivity index (χ1) is 14.9. The number of carbonyl (C=O) groups excluding carboxylic acids is 3. The Hall–Kier alpha value is -3.61. The van der Waals surface area contributed by atoms with Gasteiger partial charge in [0.2, 0.25) is 0 Å². The molecule has 0 radical (unpaired) electrons. The zero-order valence-electron chi connectivity index (χ0n) is 18.1. The molecule has 0 heterocycles. The van der Waals surface area contributed by atoms with Crippen molar-refractivity contribution < 1.29 is 28.6 Å². The van der Waals surface area contributed by atoms with Crippen LogP contribution >= 0.6 is 0 Å². The van der Waals surface area contributed by atoms with Crippen molar-refractivity contribution in [3.05, 3.63) is 65.7 Å². The number of esters is 2. The number of benzene rings is 2. The summed E-state index contributed by atoms with van der Waals surface area (Å²) in [4.78, 5) is 36.7. The SMILES string of the molecule is CCC(C)C(NC(=O)c1ccccc1)C(=O)Oc1ccc(/C=C/C(=O)OC)cc1OC. The van der Waals surface area contributed by atoms with Gasteiger partial charge in [0.25, 0.3) is 5.91 Å². The quantitative estimate of drug-likeness (QED) is 0.375. The summed E-state index contributed by atoms with van der Waals surface area (Å²) in [7, 11) is 2.74. The molecule has 2 unspecified atom stereocenters. The van der Waals surface area contributed by atoms with Crippen molar-refractivity contribution >= 4 is 23.9 Å². The molecule has 2 aromatic rings. The standard InChI is InChI=1S/C24H27NO6/c1-5-16(2)22(25-23(27)18-9-7-6-8-10-18)24(28)31-19-13-11-17(15-20(19)29-3)12-14-21(26)30-4/h6-16,22H,5H2,1-4H3,(H,25,27)/b14-12+. The Kier molecular flexibility index (Phi) is 8.81. The zero-order valence-corrected chi connectivity index (χ0v) is 18.1. The highest BCUT2D eigenvalue weighted by Gasteiger charge is 2.29. The first-order valence-electron chi connectivity index (χ1n) is 9.91. The second-order valence-corrected chi connectivity index (χ2v) is 6.89. The number of amides is 1. The number of hydrogen-bond donors (Lipinski definition) is 1. The van der Waals surface area contributed by atoms with Gasteiger partial charge in [0, 0.05) is 11.6 Å². The maximum atomic E-state index is 12.9. The van der Waals surface area contributed by atoms with Gasteiger partial charge in [-0.3, -0.25) is 4.79 Å². The van der Waals surface area contributed by atoms with Crippen molar-refractivity contribution in [3.63, 3.8) is 0 Å². The Bertz CT molecular complexity index is 938. The van der Waals surface area contributed by atoms with E-state index in [0.717, 1.165) is 0 Å². The summed E-state index contributed by atoms with van der Waals surface area (Å²) < 4.78 is 15.5. The molecule has 2 aromatic carbocycles. The first-order valence-corrected chi connectivity index (χ1v) is 9.91. The minimum atomic E-state index is -0.832. The Labute approximate surface area is 182 Å². The Morgan fingerprint density at radius 1 is 1.03 bits per heavy atom. The molecule has 1 amide bonds. The summed E-state index contributed by atoms with van der Waals surface area (Å²) in [6.07, 6.45) is 3.50. The van der Waals surface area contributed by atoms with Gasteiger partial charge in [-0.05, 0) is 41.8 Å². The highest BCUT2D eigenvalue weighted by molar-refractivity contribution is 5.97. The lowest BCUT2D eigenvalue weighted by Gasteiger charge is -2.23. The topological polar surface area (TPSA) is 90.9 Å². The van der Waals surface area contributed by atoms with Crippen LogP contribution in [0.15, 0.2) is 54.6 Å². The Balaban J connectivity index is 2.19. The highest BCUT2D eigenvalue weighted by atomic mass is 16.6. The van der Waals surface area contributed by atoms with E-state index >= 15 is 0 Å². The smallest absolute Gasteiger partial charge is 0.334 e. The van der Waals surface area contributed by atoms with Crippen LogP contribution in [0.1, 0.15) is 36.2 Å². The molecule has 2 rings (SSSR count). The molecule has 0 spiro atoms. The molecular weight excluding hydrogens is 398 g/mol. The summed E-state index contributed by atoms with van der Waals surface area (Å²) in [5.74, 6) is -1.04. The lowest BCUT2D eigenvalue weighted by atomic mass is 9.98. The van der Waals surface area contributed by atoms with Gasteiger partial charge in [-0.15, -0.1) is 0 Å². The molecule has 0 aliphatic heterocycles. The van der Waals surface area contributed by atoms with Crippen molar-refractivity contribution in [2.24, 2.45) is 5.92 Å². The molecule has 0 aliphatic carbocycles. The fourth-order valence-corrected chi connectivity index (χ4v) is 2.76. The molecule has 0 fully saturated rings. The second-order valence-electron chi connectivity index (χ2n) is 6.89. The van der Waals surface area contributed by atoms with E-state index in [9.17, 15) is 14.4 Å². The number of nitrogens with one attached hydrogen (secondary N) is 1. The minimum Gasteiger partial charge on any atom is -0.493 e. The lowest BCUT2D eigenvalue weighted by molar-refractivity contribution is -0.138. The zero-order chi connectivity index (χ0) is 22.8. The van der Waals surface area contributed by atoms with Crippen LogP contribution in [0.4, 0.5) is 0 Å². The van der Waals surface area contributed by atoms with E-state index in [-0.39, 0.29) is 17.6 Å². The third-order valence-electron chi connectivity index (χ3n) is 4.80. The van der Waals surface area contributed by atoms with Crippen LogP contribution in [0.3, 0.4) is 0 Å². The number of ether oxygens (including phenoxy) is 3. The van der Waals surface area contributed by atoms with Crippen LogP contribution < -0.4 is 14.8 Å². The predicted octanol–water partition coefficient (Wildman–Crippen LogP) is 3.63. The van der Waals surface area contributed by atoms with Crippen LogP contribution in [0.5, 0.6) is 11.5 Å². The molecule has 0 aliphatic rings. The lowest BCUT2D eigenvalue weighted by Crippen LogP contribution is -2.47. The predicted molar refractivity (Wildman–Crippen MR) is 117 cm³/mol. The summed E-state index contributed by atoms with van der Waals surface area (Å²) in [5, 5.41) is 2.78. The molecule has 31 heavy (non-hydrogen) atoms. The molecule has 0 aromatic heterocycles. The molecule has 7 nitrogen and oxygen atoms in total. The van der Waals surface area contributed by atoms with Crippen molar-refractivity contribution in [1.82, 2.24) is 5.32 Å². The van der Waals surface area contributed by atoms with Crippen molar-refractivity contribution in [2.45, 2.75) is 26.3 Å². The van der Waals surface area contributed by atoms with Gasteiger partial charge in [-0.1, -0.05) is 44.5 Å². The van der Waals surface area contributed by atoms with Gasteiger partial charge in [0.1, 0.15) is 6.04 Å². The average Bonchev–Trinajstić information content (AvgIpc) is 2.81. The average molecular weight is 425 g/mol. The second kappa shape index (κ2) is 11.5. The summed E-state index contributed by atoms with van der Waals surface area (Å²) in [6, 6.07) is 12.7. The third kappa shape index (κ3) is 6.70. The van der Waals surface area contributed by atoms with Crippen LogP contribution in [-0.2, 0) is 14.3 Å². The largest absolute Gasteiger partial charge is 0.493 e. The van der Waals surface area contributed by atoms with Crippen LogP contribution in [0.25, 0.3) is 6.08 Å². The summed E-state index contributed by atoms with van der Waals surface area (Å²) >= 11 is 0. The third-order valence-corrected chi connectivity index (χ3v) is 4.80. The minimum absolute atomic E-state index is 0.145. The van der Waals surface area contributed by atoms with Crippen LogP contribution in [-0.4, -0.2) is 38.1 Å². The summed E-state index contributed by atoms with van der Waals surface area (Å²) in [5.41, 5.74) is 1.13. The van der Waals surface area contributed by atoms with E-state index < -0.39 is 18.0 Å². The van der Waals surface area contributed by atoms with Gasteiger partial charge in [-0.25, -0.2) is 9.59 Å². The van der Waals surface area contributed by atoms with E-state index in [2.05, 4.69) is 10.1 Å². The van der Waals surface area contributed by atoms with Gasteiger partial charge in [-0.2, -0.15) is 0 Å². The molecule has 164 valence electrons. The van der Waals surface area contributed by atoms with Crippen molar-refractivity contribution in [1.29, 1.82) is 0 Å². The summed E-state index contributed by atoms with van der Waals surface area (Å²) in [6.45, 7) is 3.80. The number of hydrogen-bond acceptors (Lipinski definition) is 6. The Morgan fingerprint density at radius 2 is 1.74 bits per heavy atom. The van der Waals surface area contributed by atoms with Gasteiger partial charge >= 0.3 is 11.9 Å². The van der Waals surface area contributed by atoms with Crippen LogP contribution in [0, 0.1) is 5.92 Å². The number of rotatable bonds is 9. The molecule has 0 bridgehead atoms. The van der Waals surface area contributed by atoms with Crippen LogP contribution in [0.2, 0.25) is 0 Å². The fourth-order valence-electron chi connectivity index (χ4n) is 2.76. The van der Waals surface area contributed by atoms with E-state index in [1.807, 2.05) is 19.9 Å². The van der Waals surface area contributed by atoms with E-state index in [0.29, 0.717) is 23.3 Å². The maximum Gasteiger partial charge on any atom is 0.334 e. The van der Waals surface area contributed by atoms with E-state index in [1.54, 1.807) is 48.5 Å². The van der Waals surface area contributed by atoms with E-state index in [4.69, 9.17) is 9.47 Å². The Morgan fingerprint density at radius 3 is 2.35 bits per heavy atom. The van der Waals surface area contributed by atoms with Gasteiger partial charge < -0.3 is 19.5 Å². The number of carbonyl (C=O) groups is 3. The monoisotopic (exact) mass is 425 g/mol. The van der Waals surface area contributed by atoms with Gasteiger partial charge in [0.05, 0.1) is 14.2 Å². The van der Waals surface area contributed by atoms with Crippen molar-refractivity contribution in [3.8, 4) is 11.5 Å².